The monoisotopic (exact) mass is 305 g/mol. The second-order valence-corrected chi connectivity index (χ2v) is 5.26. The number of hydrogen-bond donors (Lipinski definition) is 0. The van der Waals surface area contributed by atoms with Crippen LogP contribution in [0.3, 0.4) is 0 Å². The predicted molar refractivity (Wildman–Crippen MR) is 85.1 cm³/mol. The van der Waals surface area contributed by atoms with Crippen LogP contribution in [0.1, 0.15) is 28.8 Å². The van der Waals surface area contributed by atoms with Gasteiger partial charge in [-0.2, -0.15) is 0 Å². The van der Waals surface area contributed by atoms with Gasteiger partial charge in [0, 0.05) is 12.1 Å². The van der Waals surface area contributed by atoms with Gasteiger partial charge in [-0.1, -0.05) is 6.08 Å². The SMILES string of the molecule is C=CC1CCCN1C(=O)c1cc(OC)c(OC)c(OC)c1C. The Balaban J connectivity index is 2.50. The summed E-state index contributed by atoms with van der Waals surface area (Å²) in [4.78, 5) is 14.7. The van der Waals surface area contributed by atoms with Gasteiger partial charge < -0.3 is 19.1 Å². The molecule has 1 aromatic rings. The Morgan fingerprint density at radius 1 is 1.27 bits per heavy atom. The minimum atomic E-state index is -0.0286. The number of benzene rings is 1. The third-order valence-electron chi connectivity index (χ3n) is 4.14. The van der Waals surface area contributed by atoms with Crippen LogP contribution in [0.5, 0.6) is 17.2 Å². The summed E-state index contributed by atoms with van der Waals surface area (Å²) >= 11 is 0. The van der Waals surface area contributed by atoms with E-state index >= 15 is 0 Å². The fraction of sp³-hybridized carbons (Fsp3) is 0.471. The fourth-order valence-corrected chi connectivity index (χ4v) is 2.97. The maximum absolute atomic E-state index is 12.9. The molecule has 1 unspecified atom stereocenters. The summed E-state index contributed by atoms with van der Waals surface area (Å²) in [5.41, 5.74) is 1.32. The van der Waals surface area contributed by atoms with E-state index in [9.17, 15) is 4.79 Å². The minimum Gasteiger partial charge on any atom is -0.493 e. The van der Waals surface area contributed by atoms with Crippen molar-refractivity contribution >= 4 is 5.91 Å². The Kier molecular flexibility index (Phi) is 4.96. The maximum atomic E-state index is 12.9. The molecule has 0 aliphatic carbocycles. The van der Waals surface area contributed by atoms with E-state index in [0.717, 1.165) is 24.9 Å². The van der Waals surface area contributed by atoms with Crippen LogP contribution in [0.4, 0.5) is 0 Å². The molecule has 2 rings (SSSR count). The lowest BCUT2D eigenvalue weighted by Crippen LogP contribution is -2.34. The van der Waals surface area contributed by atoms with Crippen molar-refractivity contribution in [2.75, 3.05) is 27.9 Å². The smallest absolute Gasteiger partial charge is 0.254 e. The number of amides is 1. The molecule has 0 bridgehead atoms. The molecule has 1 heterocycles. The van der Waals surface area contributed by atoms with Crippen LogP contribution in [0.25, 0.3) is 0 Å². The first-order chi connectivity index (χ1) is 10.6. The minimum absolute atomic E-state index is 0.0286. The molecule has 0 radical (unpaired) electrons. The molecule has 1 aliphatic heterocycles. The molecule has 1 fully saturated rings. The molecule has 1 atom stereocenters. The van der Waals surface area contributed by atoms with E-state index in [1.54, 1.807) is 27.4 Å². The fourth-order valence-electron chi connectivity index (χ4n) is 2.97. The molecule has 1 amide bonds. The van der Waals surface area contributed by atoms with E-state index in [1.807, 2.05) is 17.9 Å². The number of carbonyl (C=O) groups is 1. The molecule has 22 heavy (non-hydrogen) atoms. The summed E-state index contributed by atoms with van der Waals surface area (Å²) in [5.74, 6) is 1.49. The van der Waals surface area contributed by atoms with Gasteiger partial charge in [0.15, 0.2) is 11.5 Å². The number of rotatable bonds is 5. The number of carbonyl (C=O) groups excluding carboxylic acids is 1. The highest BCUT2D eigenvalue weighted by Gasteiger charge is 2.30. The number of hydrogen-bond acceptors (Lipinski definition) is 4. The first-order valence-corrected chi connectivity index (χ1v) is 7.32. The summed E-state index contributed by atoms with van der Waals surface area (Å²) in [5, 5.41) is 0. The maximum Gasteiger partial charge on any atom is 0.254 e. The highest BCUT2D eigenvalue weighted by molar-refractivity contribution is 5.98. The Hall–Kier alpha value is -2.17. The summed E-state index contributed by atoms with van der Waals surface area (Å²) in [7, 11) is 4.65. The molecule has 0 N–H and O–H groups in total. The van der Waals surface area contributed by atoms with Gasteiger partial charge in [-0.3, -0.25) is 4.79 Å². The van der Waals surface area contributed by atoms with Crippen LogP contribution in [0.2, 0.25) is 0 Å². The van der Waals surface area contributed by atoms with Crippen molar-refractivity contribution in [2.24, 2.45) is 0 Å². The van der Waals surface area contributed by atoms with Gasteiger partial charge in [-0.25, -0.2) is 0 Å². The van der Waals surface area contributed by atoms with E-state index in [1.165, 1.54) is 0 Å². The van der Waals surface area contributed by atoms with Gasteiger partial charge in [-0.15, -0.1) is 6.58 Å². The lowest BCUT2D eigenvalue weighted by atomic mass is 10.0. The molecule has 0 spiro atoms. The van der Waals surface area contributed by atoms with E-state index < -0.39 is 0 Å². The van der Waals surface area contributed by atoms with Gasteiger partial charge >= 0.3 is 0 Å². The summed E-state index contributed by atoms with van der Waals surface area (Å²) in [6, 6.07) is 1.81. The van der Waals surface area contributed by atoms with Gasteiger partial charge in [-0.05, 0) is 25.8 Å². The molecule has 5 heteroatoms. The van der Waals surface area contributed by atoms with E-state index in [2.05, 4.69) is 6.58 Å². The zero-order valence-electron chi connectivity index (χ0n) is 13.6. The third kappa shape index (κ3) is 2.63. The average Bonchev–Trinajstić information content (AvgIpc) is 3.02. The zero-order valence-corrected chi connectivity index (χ0v) is 13.6. The van der Waals surface area contributed by atoms with Crippen molar-refractivity contribution in [3.05, 3.63) is 29.8 Å². The highest BCUT2D eigenvalue weighted by Crippen LogP contribution is 2.42. The second kappa shape index (κ2) is 6.73. The molecule has 1 aromatic carbocycles. The zero-order chi connectivity index (χ0) is 16.3. The second-order valence-electron chi connectivity index (χ2n) is 5.26. The van der Waals surface area contributed by atoms with Crippen molar-refractivity contribution in [3.8, 4) is 17.2 Å². The molecule has 1 aliphatic rings. The number of methoxy groups -OCH3 is 3. The predicted octanol–water partition coefficient (Wildman–Crippen LogP) is 2.81. The normalized spacial score (nSPS) is 17.3. The topological polar surface area (TPSA) is 48.0 Å². The van der Waals surface area contributed by atoms with Gasteiger partial charge in [0.1, 0.15) is 0 Å². The third-order valence-corrected chi connectivity index (χ3v) is 4.14. The summed E-state index contributed by atoms with van der Waals surface area (Å²) < 4.78 is 16.1. The Morgan fingerprint density at radius 3 is 2.50 bits per heavy atom. The van der Waals surface area contributed by atoms with Crippen LogP contribution < -0.4 is 14.2 Å². The molecule has 120 valence electrons. The first-order valence-electron chi connectivity index (χ1n) is 7.32. The Labute approximate surface area is 131 Å². The lowest BCUT2D eigenvalue weighted by Gasteiger charge is -2.24. The van der Waals surface area contributed by atoms with Crippen molar-refractivity contribution in [3.63, 3.8) is 0 Å². The Bertz CT molecular complexity index is 583. The quantitative estimate of drug-likeness (QED) is 0.785. The van der Waals surface area contributed by atoms with Crippen molar-refractivity contribution in [2.45, 2.75) is 25.8 Å². The molecule has 1 saturated heterocycles. The van der Waals surface area contributed by atoms with E-state index in [-0.39, 0.29) is 11.9 Å². The molecular formula is C17H23NO4. The van der Waals surface area contributed by atoms with Crippen molar-refractivity contribution in [1.82, 2.24) is 4.90 Å². The van der Waals surface area contributed by atoms with Gasteiger partial charge in [0.2, 0.25) is 5.75 Å². The Morgan fingerprint density at radius 2 is 1.95 bits per heavy atom. The van der Waals surface area contributed by atoms with Crippen LogP contribution in [-0.4, -0.2) is 44.7 Å². The van der Waals surface area contributed by atoms with Crippen molar-refractivity contribution in [1.29, 1.82) is 0 Å². The molecule has 0 saturated carbocycles. The van der Waals surface area contributed by atoms with Gasteiger partial charge in [0.25, 0.3) is 5.91 Å². The van der Waals surface area contributed by atoms with Crippen LogP contribution in [0, 0.1) is 6.92 Å². The van der Waals surface area contributed by atoms with Crippen LogP contribution in [0.15, 0.2) is 18.7 Å². The molecule has 5 nitrogen and oxygen atoms in total. The van der Waals surface area contributed by atoms with Crippen LogP contribution in [-0.2, 0) is 0 Å². The lowest BCUT2D eigenvalue weighted by molar-refractivity contribution is 0.0760. The standard InChI is InChI=1S/C17H23NO4/c1-6-12-8-7-9-18(12)17(19)13-10-14(20-3)16(22-5)15(21-4)11(13)2/h6,10,12H,1,7-9H2,2-5H3. The summed E-state index contributed by atoms with van der Waals surface area (Å²) in [6.07, 6.45) is 3.78. The molecular weight excluding hydrogens is 282 g/mol. The number of likely N-dealkylation sites (tertiary alicyclic amines) is 1. The number of nitrogens with zero attached hydrogens (tertiary/aromatic N) is 1. The van der Waals surface area contributed by atoms with E-state index in [0.29, 0.717) is 22.8 Å². The van der Waals surface area contributed by atoms with E-state index in [4.69, 9.17) is 14.2 Å². The van der Waals surface area contributed by atoms with Gasteiger partial charge in [0.05, 0.1) is 32.9 Å². The molecule has 0 aromatic heterocycles. The average molecular weight is 305 g/mol. The first kappa shape index (κ1) is 16.2. The van der Waals surface area contributed by atoms with Crippen LogP contribution >= 0.6 is 0 Å². The largest absolute Gasteiger partial charge is 0.493 e. The van der Waals surface area contributed by atoms with Crippen molar-refractivity contribution < 1.29 is 19.0 Å². The summed E-state index contributed by atoms with van der Waals surface area (Å²) in [6.45, 7) is 6.42. The highest BCUT2D eigenvalue weighted by atomic mass is 16.5. The number of ether oxygens (including phenoxy) is 3.